The van der Waals surface area contributed by atoms with Crippen LogP contribution in [-0.2, 0) is 12.6 Å². The number of anilines is 2. The van der Waals surface area contributed by atoms with Gasteiger partial charge in [0.15, 0.2) is 0 Å². The molecule has 5 nitrogen and oxygen atoms in total. The molecule has 1 atom stereocenters. The lowest BCUT2D eigenvalue weighted by atomic mass is 10.1. The standard InChI is InChI=1S/C14H15F3N4O/c15-14(16,17)11-7-19-13(18)21-12(11)20-10(8-22)6-9-4-2-1-3-5-9/h1-5,7,10,22H,6,8H2,(H3,18,19,20,21)/t10-/m0/s1. The Balaban J connectivity index is 2.22. The lowest BCUT2D eigenvalue weighted by Gasteiger charge is -2.20. The van der Waals surface area contributed by atoms with E-state index < -0.39 is 23.6 Å². The lowest BCUT2D eigenvalue weighted by Crippen LogP contribution is -2.28. The molecule has 1 aromatic heterocycles. The fourth-order valence-corrected chi connectivity index (χ4v) is 1.97. The van der Waals surface area contributed by atoms with Crippen LogP contribution in [0.4, 0.5) is 24.9 Å². The van der Waals surface area contributed by atoms with E-state index in [-0.39, 0.29) is 12.6 Å². The maximum absolute atomic E-state index is 12.9. The van der Waals surface area contributed by atoms with E-state index in [2.05, 4.69) is 15.3 Å². The van der Waals surface area contributed by atoms with Crippen molar-refractivity contribution in [2.75, 3.05) is 17.7 Å². The molecular formula is C14H15F3N4O. The van der Waals surface area contributed by atoms with Gasteiger partial charge in [-0.2, -0.15) is 18.2 Å². The zero-order valence-corrected chi connectivity index (χ0v) is 11.5. The van der Waals surface area contributed by atoms with Crippen molar-refractivity contribution in [3.63, 3.8) is 0 Å². The summed E-state index contributed by atoms with van der Waals surface area (Å²) >= 11 is 0. The van der Waals surface area contributed by atoms with Crippen LogP contribution in [-0.4, -0.2) is 27.7 Å². The van der Waals surface area contributed by atoms with Crippen molar-refractivity contribution in [2.45, 2.75) is 18.6 Å². The van der Waals surface area contributed by atoms with Crippen molar-refractivity contribution in [3.05, 3.63) is 47.7 Å². The molecule has 0 fully saturated rings. The number of nitrogen functional groups attached to an aromatic ring is 1. The normalized spacial score (nSPS) is 12.9. The molecule has 4 N–H and O–H groups in total. The van der Waals surface area contributed by atoms with Crippen LogP contribution in [0, 0.1) is 0 Å². The molecule has 0 radical (unpaired) electrons. The largest absolute Gasteiger partial charge is 0.421 e. The summed E-state index contributed by atoms with van der Waals surface area (Å²) in [5.74, 6) is -0.707. The van der Waals surface area contributed by atoms with Crippen molar-refractivity contribution in [1.29, 1.82) is 0 Å². The first-order valence-corrected chi connectivity index (χ1v) is 6.51. The minimum Gasteiger partial charge on any atom is -0.394 e. The Morgan fingerprint density at radius 2 is 1.91 bits per heavy atom. The van der Waals surface area contributed by atoms with Crippen LogP contribution in [0.25, 0.3) is 0 Å². The molecular weight excluding hydrogens is 297 g/mol. The van der Waals surface area contributed by atoms with Crippen LogP contribution in [0.15, 0.2) is 36.5 Å². The van der Waals surface area contributed by atoms with Gasteiger partial charge in [-0.05, 0) is 12.0 Å². The molecule has 1 aromatic carbocycles. The Hall–Kier alpha value is -2.35. The Morgan fingerprint density at radius 3 is 2.50 bits per heavy atom. The van der Waals surface area contributed by atoms with E-state index in [1.54, 1.807) is 0 Å². The molecule has 0 amide bonds. The highest BCUT2D eigenvalue weighted by atomic mass is 19.4. The number of nitrogens with zero attached hydrogens (tertiary/aromatic N) is 2. The van der Waals surface area contributed by atoms with Crippen molar-refractivity contribution >= 4 is 11.8 Å². The summed E-state index contributed by atoms with van der Waals surface area (Å²) in [6, 6.07) is 8.48. The molecule has 2 rings (SSSR count). The van der Waals surface area contributed by atoms with Crippen LogP contribution in [0.1, 0.15) is 11.1 Å². The minimum atomic E-state index is -4.61. The monoisotopic (exact) mass is 312 g/mol. The van der Waals surface area contributed by atoms with Crippen LogP contribution >= 0.6 is 0 Å². The number of hydrogen-bond donors (Lipinski definition) is 3. The van der Waals surface area contributed by atoms with Gasteiger partial charge in [-0.1, -0.05) is 30.3 Å². The summed E-state index contributed by atoms with van der Waals surface area (Å²) < 4.78 is 38.8. The summed E-state index contributed by atoms with van der Waals surface area (Å²) in [5.41, 5.74) is 5.21. The molecule has 22 heavy (non-hydrogen) atoms. The van der Waals surface area contributed by atoms with Gasteiger partial charge in [-0.15, -0.1) is 0 Å². The minimum absolute atomic E-state index is 0.271. The Kier molecular flexibility index (Phi) is 4.81. The second kappa shape index (κ2) is 6.61. The third-order valence-corrected chi connectivity index (χ3v) is 3.00. The lowest BCUT2D eigenvalue weighted by molar-refractivity contribution is -0.137. The van der Waals surface area contributed by atoms with Crippen molar-refractivity contribution in [2.24, 2.45) is 0 Å². The molecule has 0 unspecified atom stereocenters. The van der Waals surface area contributed by atoms with Crippen LogP contribution in [0.3, 0.4) is 0 Å². The quantitative estimate of drug-likeness (QED) is 0.787. The molecule has 8 heteroatoms. The predicted molar refractivity (Wildman–Crippen MR) is 76.1 cm³/mol. The highest BCUT2D eigenvalue weighted by Gasteiger charge is 2.35. The molecule has 2 aromatic rings. The van der Waals surface area contributed by atoms with Gasteiger partial charge in [0.25, 0.3) is 0 Å². The topological polar surface area (TPSA) is 84.1 Å². The third-order valence-electron chi connectivity index (χ3n) is 3.00. The van der Waals surface area contributed by atoms with E-state index in [0.29, 0.717) is 12.6 Å². The van der Waals surface area contributed by atoms with Gasteiger partial charge < -0.3 is 16.2 Å². The maximum atomic E-state index is 12.9. The molecule has 0 bridgehead atoms. The van der Waals surface area contributed by atoms with Gasteiger partial charge in [-0.25, -0.2) is 4.98 Å². The van der Waals surface area contributed by atoms with E-state index in [9.17, 15) is 18.3 Å². The number of nitrogens with two attached hydrogens (primary N) is 1. The first-order chi connectivity index (χ1) is 10.4. The van der Waals surface area contributed by atoms with E-state index in [4.69, 9.17) is 5.73 Å². The summed E-state index contributed by atoms with van der Waals surface area (Å²) in [7, 11) is 0. The van der Waals surface area contributed by atoms with E-state index in [1.807, 2.05) is 30.3 Å². The number of aliphatic hydroxyl groups excluding tert-OH is 1. The SMILES string of the molecule is Nc1ncc(C(F)(F)F)c(N[C@H](CO)Cc2ccccc2)n1. The second-order valence-corrected chi connectivity index (χ2v) is 4.70. The van der Waals surface area contributed by atoms with Crippen LogP contribution in [0.5, 0.6) is 0 Å². The van der Waals surface area contributed by atoms with E-state index in [1.165, 1.54) is 0 Å². The van der Waals surface area contributed by atoms with Crippen molar-refractivity contribution in [3.8, 4) is 0 Å². The Morgan fingerprint density at radius 1 is 1.23 bits per heavy atom. The number of benzene rings is 1. The first kappa shape index (κ1) is 16.0. The Labute approximate surface area is 125 Å². The third kappa shape index (κ3) is 4.08. The molecule has 0 aliphatic carbocycles. The first-order valence-electron chi connectivity index (χ1n) is 6.51. The van der Waals surface area contributed by atoms with Gasteiger partial charge in [-0.3, -0.25) is 0 Å². The number of aliphatic hydroxyl groups is 1. The maximum Gasteiger partial charge on any atom is 0.421 e. The number of hydrogen-bond acceptors (Lipinski definition) is 5. The molecule has 0 aliphatic heterocycles. The summed E-state index contributed by atoms with van der Waals surface area (Å²) in [4.78, 5) is 6.96. The molecule has 0 saturated carbocycles. The van der Waals surface area contributed by atoms with Gasteiger partial charge in [0.1, 0.15) is 11.4 Å². The molecule has 0 spiro atoms. The zero-order chi connectivity index (χ0) is 16.2. The van der Waals surface area contributed by atoms with Crippen LogP contribution in [0.2, 0.25) is 0 Å². The van der Waals surface area contributed by atoms with Gasteiger partial charge in [0.05, 0.1) is 12.6 Å². The van der Waals surface area contributed by atoms with Crippen LogP contribution < -0.4 is 11.1 Å². The van der Waals surface area contributed by atoms with E-state index in [0.717, 1.165) is 5.56 Å². The van der Waals surface area contributed by atoms with Crippen molar-refractivity contribution in [1.82, 2.24) is 9.97 Å². The molecule has 0 saturated heterocycles. The average Bonchev–Trinajstić information content (AvgIpc) is 2.46. The average molecular weight is 312 g/mol. The molecule has 0 aliphatic rings. The smallest absolute Gasteiger partial charge is 0.394 e. The summed E-state index contributed by atoms with van der Waals surface area (Å²) in [5, 5.41) is 12.0. The zero-order valence-electron chi connectivity index (χ0n) is 11.5. The number of nitrogens with one attached hydrogen (secondary N) is 1. The number of alkyl halides is 3. The predicted octanol–water partition coefficient (Wildman–Crippen LogP) is 2.09. The Bertz CT molecular complexity index is 619. The van der Waals surface area contributed by atoms with Crippen molar-refractivity contribution < 1.29 is 18.3 Å². The number of aromatic nitrogens is 2. The summed E-state index contributed by atoms with van der Waals surface area (Å²) in [6.45, 7) is -0.351. The van der Waals surface area contributed by atoms with E-state index >= 15 is 0 Å². The summed E-state index contributed by atoms with van der Waals surface area (Å²) in [6.07, 6.45) is -3.64. The molecule has 118 valence electrons. The number of halogens is 3. The van der Waals surface area contributed by atoms with Gasteiger partial charge in [0, 0.05) is 6.20 Å². The molecule has 1 heterocycles. The van der Waals surface area contributed by atoms with Gasteiger partial charge >= 0.3 is 6.18 Å². The number of rotatable bonds is 5. The fraction of sp³-hybridized carbons (Fsp3) is 0.286. The highest BCUT2D eigenvalue weighted by Crippen LogP contribution is 2.33. The highest BCUT2D eigenvalue weighted by molar-refractivity contribution is 5.48. The fourth-order valence-electron chi connectivity index (χ4n) is 1.97. The second-order valence-electron chi connectivity index (χ2n) is 4.70. The van der Waals surface area contributed by atoms with Gasteiger partial charge in [0.2, 0.25) is 5.95 Å².